The van der Waals surface area contributed by atoms with Crippen LogP contribution in [0, 0.1) is 0 Å². The summed E-state index contributed by atoms with van der Waals surface area (Å²) in [6, 6.07) is 6.02. The van der Waals surface area contributed by atoms with Gasteiger partial charge >= 0.3 is 5.97 Å². The normalized spacial score (nSPS) is 10.2. The maximum absolute atomic E-state index is 10.5. The molecule has 0 atom stereocenters. The van der Waals surface area contributed by atoms with Crippen molar-refractivity contribution in [2.75, 3.05) is 19.0 Å². The molecule has 0 heterocycles. The SMILES string of the molecule is CN(C)c1cccc(Br)c1CCCC(=O)O. The molecule has 0 aromatic heterocycles. The summed E-state index contributed by atoms with van der Waals surface area (Å²) in [6.07, 6.45) is 1.66. The van der Waals surface area contributed by atoms with E-state index in [-0.39, 0.29) is 6.42 Å². The second-order valence-corrected chi connectivity index (χ2v) is 4.73. The lowest BCUT2D eigenvalue weighted by molar-refractivity contribution is -0.137. The van der Waals surface area contributed by atoms with E-state index in [4.69, 9.17) is 5.11 Å². The van der Waals surface area contributed by atoms with Gasteiger partial charge in [0.2, 0.25) is 0 Å². The number of nitrogens with zero attached hydrogens (tertiary/aromatic N) is 1. The van der Waals surface area contributed by atoms with Crippen LogP contribution in [0.3, 0.4) is 0 Å². The number of hydrogen-bond donors (Lipinski definition) is 1. The van der Waals surface area contributed by atoms with Crippen LogP contribution >= 0.6 is 15.9 Å². The molecule has 4 heteroatoms. The fraction of sp³-hybridized carbons (Fsp3) is 0.417. The van der Waals surface area contributed by atoms with Crippen LogP contribution in [0.15, 0.2) is 22.7 Å². The van der Waals surface area contributed by atoms with Crippen LogP contribution < -0.4 is 4.90 Å². The van der Waals surface area contributed by atoms with E-state index < -0.39 is 5.97 Å². The lowest BCUT2D eigenvalue weighted by Crippen LogP contribution is -2.11. The highest BCUT2D eigenvalue weighted by Gasteiger charge is 2.08. The topological polar surface area (TPSA) is 40.5 Å². The Balaban J connectivity index is 2.80. The minimum Gasteiger partial charge on any atom is -0.481 e. The maximum Gasteiger partial charge on any atom is 0.303 e. The average Bonchev–Trinajstić information content (AvgIpc) is 2.19. The molecule has 0 saturated heterocycles. The Morgan fingerprint density at radius 3 is 2.69 bits per heavy atom. The second kappa shape index (κ2) is 5.89. The minimum atomic E-state index is -0.738. The molecule has 1 aromatic carbocycles. The number of anilines is 1. The van der Waals surface area contributed by atoms with E-state index in [0.29, 0.717) is 6.42 Å². The van der Waals surface area contributed by atoms with Gasteiger partial charge in [-0.1, -0.05) is 22.0 Å². The Morgan fingerprint density at radius 2 is 2.12 bits per heavy atom. The van der Waals surface area contributed by atoms with Crippen LogP contribution in [0.4, 0.5) is 5.69 Å². The molecule has 0 saturated carbocycles. The zero-order chi connectivity index (χ0) is 12.1. The third kappa shape index (κ3) is 3.52. The first-order valence-electron chi connectivity index (χ1n) is 5.19. The number of carboxylic acids is 1. The van der Waals surface area contributed by atoms with Crippen LogP contribution in [-0.2, 0) is 11.2 Å². The monoisotopic (exact) mass is 285 g/mol. The first kappa shape index (κ1) is 13.0. The predicted molar refractivity (Wildman–Crippen MR) is 69.0 cm³/mol. The summed E-state index contributed by atoms with van der Waals surface area (Å²) in [5.74, 6) is -0.738. The summed E-state index contributed by atoms with van der Waals surface area (Å²) in [5, 5.41) is 8.62. The van der Waals surface area contributed by atoms with Crippen molar-refractivity contribution in [2.45, 2.75) is 19.3 Å². The van der Waals surface area contributed by atoms with Gasteiger partial charge in [-0.05, 0) is 30.5 Å². The Hall–Kier alpha value is -1.03. The van der Waals surface area contributed by atoms with Crippen molar-refractivity contribution in [2.24, 2.45) is 0 Å². The van der Waals surface area contributed by atoms with Gasteiger partial charge in [0.15, 0.2) is 0 Å². The molecule has 0 radical (unpaired) electrons. The van der Waals surface area contributed by atoms with Gasteiger partial charge in [0.1, 0.15) is 0 Å². The van der Waals surface area contributed by atoms with Gasteiger partial charge in [-0.25, -0.2) is 0 Å². The van der Waals surface area contributed by atoms with Crippen LogP contribution in [0.2, 0.25) is 0 Å². The van der Waals surface area contributed by atoms with Crippen molar-refractivity contribution < 1.29 is 9.90 Å². The second-order valence-electron chi connectivity index (χ2n) is 3.88. The van der Waals surface area contributed by atoms with Crippen LogP contribution in [0.25, 0.3) is 0 Å². The number of benzene rings is 1. The minimum absolute atomic E-state index is 0.216. The summed E-state index contributed by atoms with van der Waals surface area (Å²) in [4.78, 5) is 12.5. The molecule has 1 rings (SSSR count). The molecule has 0 aliphatic heterocycles. The number of halogens is 1. The number of carbonyl (C=O) groups is 1. The smallest absolute Gasteiger partial charge is 0.303 e. The Labute approximate surface area is 104 Å². The fourth-order valence-corrected chi connectivity index (χ4v) is 2.18. The Morgan fingerprint density at radius 1 is 1.44 bits per heavy atom. The lowest BCUT2D eigenvalue weighted by atomic mass is 10.1. The van der Waals surface area contributed by atoms with Gasteiger partial charge in [0.25, 0.3) is 0 Å². The summed E-state index contributed by atoms with van der Waals surface area (Å²) < 4.78 is 1.05. The van der Waals surface area contributed by atoms with Gasteiger partial charge < -0.3 is 10.0 Å². The van der Waals surface area contributed by atoms with Crippen LogP contribution in [0.1, 0.15) is 18.4 Å². The molecule has 0 spiro atoms. The predicted octanol–water partition coefficient (Wildman–Crippen LogP) is 2.92. The Kier molecular flexibility index (Phi) is 4.80. The molecule has 3 nitrogen and oxygen atoms in total. The van der Waals surface area contributed by atoms with E-state index in [9.17, 15) is 4.79 Å². The van der Waals surface area contributed by atoms with Gasteiger partial charge in [0.05, 0.1) is 0 Å². The summed E-state index contributed by atoms with van der Waals surface area (Å²) in [6.45, 7) is 0. The third-order valence-electron chi connectivity index (χ3n) is 2.39. The lowest BCUT2D eigenvalue weighted by Gasteiger charge is -2.18. The van der Waals surface area contributed by atoms with Crippen molar-refractivity contribution in [3.05, 3.63) is 28.2 Å². The number of aliphatic carboxylic acids is 1. The van der Waals surface area contributed by atoms with Gasteiger partial charge in [-0.2, -0.15) is 0 Å². The summed E-state index contributed by atoms with van der Waals surface area (Å²) in [5.41, 5.74) is 2.31. The highest BCUT2D eigenvalue weighted by Crippen LogP contribution is 2.28. The van der Waals surface area contributed by atoms with E-state index in [2.05, 4.69) is 15.9 Å². The van der Waals surface area contributed by atoms with E-state index in [1.54, 1.807) is 0 Å². The Bertz CT molecular complexity index is 377. The van der Waals surface area contributed by atoms with Crippen molar-refractivity contribution in [1.82, 2.24) is 0 Å². The first-order valence-corrected chi connectivity index (χ1v) is 5.98. The average molecular weight is 286 g/mol. The van der Waals surface area contributed by atoms with Gasteiger partial charge in [-0.15, -0.1) is 0 Å². The molecule has 0 fully saturated rings. The van der Waals surface area contributed by atoms with E-state index >= 15 is 0 Å². The number of rotatable bonds is 5. The highest BCUT2D eigenvalue weighted by molar-refractivity contribution is 9.10. The van der Waals surface area contributed by atoms with E-state index in [0.717, 1.165) is 16.6 Å². The molecule has 0 aliphatic rings. The van der Waals surface area contributed by atoms with Crippen molar-refractivity contribution >= 4 is 27.6 Å². The first-order chi connectivity index (χ1) is 7.52. The van der Waals surface area contributed by atoms with E-state index in [1.165, 1.54) is 5.56 Å². The highest BCUT2D eigenvalue weighted by atomic mass is 79.9. The molecule has 0 aliphatic carbocycles. The fourth-order valence-electron chi connectivity index (χ4n) is 1.63. The molecule has 0 unspecified atom stereocenters. The summed E-state index contributed by atoms with van der Waals surface area (Å²) >= 11 is 3.51. The molecular weight excluding hydrogens is 270 g/mol. The third-order valence-corrected chi connectivity index (χ3v) is 3.14. The molecule has 16 heavy (non-hydrogen) atoms. The van der Waals surface area contributed by atoms with Crippen molar-refractivity contribution in [1.29, 1.82) is 0 Å². The standard InChI is InChI=1S/C12H16BrNO2/c1-14(2)11-7-4-6-10(13)9(11)5-3-8-12(15)16/h4,6-7H,3,5,8H2,1-2H3,(H,15,16). The molecule has 88 valence electrons. The number of carboxylic acid groups (broad SMARTS) is 1. The van der Waals surface area contributed by atoms with E-state index in [1.807, 2.05) is 37.2 Å². The van der Waals surface area contributed by atoms with Crippen LogP contribution in [0.5, 0.6) is 0 Å². The van der Waals surface area contributed by atoms with Gasteiger partial charge in [0, 0.05) is 30.7 Å². The molecular formula is C12H16BrNO2. The molecule has 0 bridgehead atoms. The van der Waals surface area contributed by atoms with Crippen molar-refractivity contribution in [3.8, 4) is 0 Å². The molecule has 1 N–H and O–H groups in total. The molecule has 1 aromatic rings. The number of hydrogen-bond acceptors (Lipinski definition) is 2. The zero-order valence-electron chi connectivity index (χ0n) is 9.53. The molecule has 0 amide bonds. The zero-order valence-corrected chi connectivity index (χ0v) is 11.1. The van der Waals surface area contributed by atoms with Crippen LogP contribution in [-0.4, -0.2) is 25.2 Å². The summed E-state index contributed by atoms with van der Waals surface area (Å²) in [7, 11) is 3.98. The maximum atomic E-state index is 10.5. The quantitative estimate of drug-likeness (QED) is 0.904. The van der Waals surface area contributed by atoms with Crippen molar-refractivity contribution in [3.63, 3.8) is 0 Å². The van der Waals surface area contributed by atoms with Gasteiger partial charge in [-0.3, -0.25) is 4.79 Å². The largest absolute Gasteiger partial charge is 0.481 e.